The third-order valence-corrected chi connectivity index (χ3v) is 3.12. The zero-order valence-electron chi connectivity index (χ0n) is 13.8. The Kier molecular flexibility index (Phi) is 9.06. The van der Waals surface area contributed by atoms with Crippen LogP contribution in [0.3, 0.4) is 0 Å². The summed E-state index contributed by atoms with van der Waals surface area (Å²) in [6.45, 7) is 3.74. The largest absolute Gasteiger partial charge is 0.481 e. The summed E-state index contributed by atoms with van der Waals surface area (Å²) >= 11 is 0. The maximum Gasteiger partial charge on any atom is 0.213 e. The van der Waals surface area contributed by atoms with Gasteiger partial charge in [-0.3, -0.25) is 0 Å². The third-order valence-electron chi connectivity index (χ3n) is 3.12. The molecule has 0 spiro atoms. The number of pyridine rings is 1. The number of benzene rings is 1. The first-order chi connectivity index (χ1) is 11.2. The Morgan fingerprint density at radius 1 is 1.21 bits per heavy atom. The number of hydrogen-bond donors (Lipinski definition) is 2. The van der Waals surface area contributed by atoms with Gasteiger partial charge in [-0.25, -0.2) is 14.4 Å². The van der Waals surface area contributed by atoms with Crippen LogP contribution in [-0.2, 0) is 13.1 Å². The number of nitrogens with zero attached hydrogens (tertiary/aromatic N) is 2. The molecule has 7 heteroatoms. The molecule has 0 bridgehead atoms. The number of ether oxygens (including phenoxy) is 1. The Morgan fingerprint density at radius 2 is 2.04 bits per heavy atom. The lowest BCUT2D eigenvalue weighted by Crippen LogP contribution is -2.36. The van der Waals surface area contributed by atoms with Gasteiger partial charge in [0.15, 0.2) is 5.96 Å². The summed E-state index contributed by atoms with van der Waals surface area (Å²) in [5, 5.41) is 6.40. The van der Waals surface area contributed by atoms with Crippen LogP contribution < -0.4 is 15.4 Å². The fraction of sp³-hybridized carbons (Fsp3) is 0.294. The molecule has 24 heavy (non-hydrogen) atoms. The summed E-state index contributed by atoms with van der Waals surface area (Å²) < 4.78 is 18.3. The highest BCUT2D eigenvalue weighted by molar-refractivity contribution is 14.0. The van der Waals surface area contributed by atoms with Gasteiger partial charge in [0.25, 0.3) is 0 Å². The fourth-order valence-electron chi connectivity index (χ4n) is 2.01. The number of nitrogens with one attached hydrogen (secondary N) is 2. The average molecular weight is 444 g/mol. The topological polar surface area (TPSA) is 58.5 Å². The fourth-order valence-corrected chi connectivity index (χ4v) is 2.01. The molecule has 0 amide bonds. The maximum atomic E-state index is 13.2. The van der Waals surface area contributed by atoms with Crippen molar-refractivity contribution in [2.45, 2.75) is 20.0 Å². The van der Waals surface area contributed by atoms with Crippen LogP contribution >= 0.6 is 24.0 Å². The summed E-state index contributed by atoms with van der Waals surface area (Å²) in [6.07, 6.45) is 1.70. The first kappa shape index (κ1) is 20.1. The lowest BCUT2D eigenvalue weighted by molar-refractivity contribution is 0.397. The van der Waals surface area contributed by atoms with E-state index in [9.17, 15) is 4.39 Å². The number of methoxy groups -OCH3 is 1. The second-order valence-electron chi connectivity index (χ2n) is 4.89. The molecule has 0 radical (unpaired) electrons. The standard InChI is InChI=1S/C17H21FN4O.HI/c1-3-19-17(21-11-13-5-4-6-15(18)9-13)22-12-14-7-8-20-16(10-14)23-2;/h4-10H,3,11-12H2,1-2H3,(H2,19,21,22);1H. The Morgan fingerprint density at radius 3 is 2.75 bits per heavy atom. The van der Waals surface area contributed by atoms with E-state index in [0.29, 0.717) is 24.9 Å². The van der Waals surface area contributed by atoms with E-state index in [1.54, 1.807) is 19.4 Å². The van der Waals surface area contributed by atoms with Crippen molar-refractivity contribution in [3.05, 3.63) is 59.5 Å². The van der Waals surface area contributed by atoms with Gasteiger partial charge < -0.3 is 15.4 Å². The smallest absolute Gasteiger partial charge is 0.213 e. The molecule has 0 atom stereocenters. The molecule has 130 valence electrons. The van der Waals surface area contributed by atoms with Gasteiger partial charge in [-0.1, -0.05) is 12.1 Å². The minimum Gasteiger partial charge on any atom is -0.481 e. The van der Waals surface area contributed by atoms with Crippen LogP contribution in [0, 0.1) is 5.82 Å². The molecule has 1 heterocycles. The van der Waals surface area contributed by atoms with Gasteiger partial charge in [0, 0.05) is 25.4 Å². The number of rotatable bonds is 6. The first-order valence-electron chi connectivity index (χ1n) is 7.47. The van der Waals surface area contributed by atoms with E-state index in [2.05, 4.69) is 20.6 Å². The molecule has 0 saturated carbocycles. The second kappa shape index (κ2) is 10.8. The summed E-state index contributed by atoms with van der Waals surface area (Å²) in [6, 6.07) is 10.2. The molecule has 2 aromatic rings. The number of halogens is 2. The van der Waals surface area contributed by atoms with Crippen molar-refractivity contribution in [1.82, 2.24) is 15.6 Å². The summed E-state index contributed by atoms with van der Waals surface area (Å²) in [7, 11) is 1.59. The molecule has 0 aliphatic rings. The van der Waals surface area contributed by atoms with Gasteiger partial charge in [-0.15, -0.1) is 24.0 Å². The third kappa shape index (κ3) is 6.69. The van der Waals surface area contributed by atoms with Gasteiger partial charge in [-0.2, -0.15) is 0 Å². The molecule has 1 aromatic carbocycles. The van der Waals surface area contributed by atoms with Crippen LogP contribution in [0.2, 0.25) is 0 Å². The van der Waals surface area contributed by atoms with Crippen LogP contribution in [-0.4, -0.2) is 24.6 Å². The van der Waals surface area contributed by atoms with E-state index < -0.39 is 0 Å². The highest BCUT2D eigenvalue weighted by atomic mass is 127. The number of guanidine groups is 1. The van der Waals surface area contributed by atoms with Gasteiger partial charge in [0.2, 0.25) is 5.88 Å². The predicted octanol–water partition coefficient (Wildman–Crippen LogP) is 3.10. The van der Waals surface area contributed by atoms with Crippen LogP contribution in [0.15, 0.2) is 47.6 Å². The first-order valence-corrected chi connectivity index (χ1v) is 7.47. The molecule has 1 aromatic heterocycles. The van der Waals surface area contributed by atoms with E-state index in [1.807, 2.05) is 25.1 Å². The molecule has 0 saturated heterocycles. The molecule has 5 nitrogen and oxygen atoms in total. The van der Waals surface area contributed by atoms with Crippen LogP contribution in [0.25, 0.3) is 0 Å². The Balaban J connectivity index is 0.00000288. The Hall–Kier alpha value is -1.90. The van der Waals surface area contributed by atoms with Crippen molar-refractivity contribution in [1.29, 1.82) is 0 Å². The minimum atomic E-state index is -0.250. The van der Waals surface area contributed by atoms with Crippen molar-refractivity contribution < 1.29 is 9.13 Å². The molecule has 2 rings (SSSR count). The quantitative estimate of drug-likeness (QED) is 0.409. The summed E-state index contributed by atoms with van der Waals surface area (Å²) in [4.78, 5) is 8.54. The highest BCUT2D eigenvalue weighted by Gasteiger charge is 2.01. The highest BCUT2D eigenvalue weighted by Crippen LogP contribution is 2.08. The molecule has 0 unspecified atom stereocenters. The van der Waals surface area contributed by atoms with Gasteiger partial charge >= 0.3 is 0 Å². The second-order valence-corrected chi connectivity index (χ2v) is 4.89. The zero-order valence-corrected chi connectivity index (χ0v) is 16.1. The molecule has 2 N–H and O–H groups in total. The Labute approximate surface area is 158 Å². The monoisotopic (exact) mass is 444 g/mol. The van der Waals surface area contributed by atoms with E-state index in [4.69, 9.17) is 4.74 Å². The average Bonchev–Trinajstić information content (AvgIpc) is 2.57. The summed E-state index contributed by atoms with van der Waals surface area (Å²) in [5.74, 6) is 0.998. The summed E-state index contributed by atoms with van der Waals surface area (Å²) in [5.41, 5.74) is 1.86. The zero-order chi connectivity index (χ0) is 16.5. The molecule has 0 aliphatic carbocycles. The van der Waals surface area contributed by atoms with Crippen molar-refractivity contribution in [2.75, 3.05) is 13.7 Å². The predicted molar refractivity (Wildman–Crippen MR) is 104 cm³/mol. The lowest BCUT2D eigenvalue weighted by atomic mass is 10.2. The van der Waals surface area contributed by atoms with E-state index in [-0.39, 0.29) is 29.8 Å². The lowest BCUT2D eigenvalue weighted by Gasteiger charge is -2.11. The molecular formula is C17H22FIN4O. The van der Waals surface area contributed by atoms with Crippen LogP contribution in [0.4, 0.5) is 4.39 Å². The van der Waals surface area contributed by atoms with Gasteiger partial charge in [0.1, 0.15) is 5.82 Å². The number of aromatic nitrogens is 1. The minimum absolute atomic E-state index is 0. The molecule has 0 fully saturated rings. The van der Waals surface area contributed by atoms with Crippen molar-refractivity contribution in [3.63, 3.8) is 0 Å². The number of hydrogen-bond acceptors (Lipinski definition) is 3. The van der Waals surface area contributed by atoms with Crippen molar-refractivity contribution in [3.8, 4) is 5.88 Å². The van der Waals surface area contributed by atoms with Crippen LogP contribution in [0.5, 0.6) is 5.88 Å². The van der Waals surface area contributed by atoms with Crippen molar-refractivity contribution in [2.24, 2.45) is 4.99 Å². The van der Waals surface area contributed by atoms with E-state index >= 15 is 0 Å². The normalized spacial score (nSPS) is 10.7. The molecule has 0 aliphatic heterocycles. The van der Waals surface area contributed by atoms with Gasteiger partial charge in [-0.05, 0) is 36.2 Å². The van der Waals surface area contributed by atoms with Crippen molar-refractivity contribution >= 4 is 29.9 Å². The van der Waals surface area contributed by atoms with Gasteiger partial charge in [0.05, 0.1) is 13.7 Å². The molecular weight excluding hydrogens is 422 g/mol. The number of aliphatic imine (C=N–C) groups is 1. The van der Waals surface area contributed by atoms with Crippen LogP contribution in [0.1, 0.15) is 18.1 Å². The SMILES string of the molecule is CCNC(=NCc1cccc(F)c1)NCc1ccnc(OC)c1.I. The Bertz CT molecular complexity index is 667. The van der Waals surface area contributed by atoms with E-state index in [0.717, 1.165) is 17.7 Å². The van der Waals surface area contributed by atoms with E-state index in [1.165, 1.54) is 12.1 Å². The maximum absolute atomic E-state index is 13.2.